The summed E-state index contributed by atoms with van der Waals surface area (Å²) in [7, 11) is -2.32. The molecule has 0 spiro atoms. The Kier molecular flexibility index (Phi) is 6.71. The third-order valence-corrected chi connectivity index (χ3v) is 6.94. The monoisotopic (exact) mass is 468 g/mol. The Morgan fingerprint density at radius 2 is 1.93 bits per heavy atom. The third kappa shape index (κ3) is 4.72. The van der Waals surface area contributed by atoms with Crippen molar-refractivity contribution in [2.45, 2.75) is 11.3 Å². The molecule has 1 saturated heterocycles. The van der Waals surface area contributed by atoms with E-state index in [-0.39, 0.29) is 36.1 Å². The van der Waals surface area contributed by atoms with Gasteiger partial charge in [0, 0.05) is 17.6 Å². The molecule has 0 saturated carbocycles. The number of methoxy groups -OCH3 is 1. The highest BCUT2D eigenvalue weighted by Gasteiger charge is 2.29. The summed E-state index contributed by atoms with van der Waals surface area (Å²) in [4.78, 5) is 12.5. The highest BCUT2D eigenvalue weighted by atomic mass is 79.9. The van der Waals surface area contributed by atoms with Gasteiger partial charge in [0.05, 0.1) is 32.4 Å². The molecule has 1 fully saturated rings. The van der Waals surface area contributed by atoms with Crippen LogP contribution in [0, 0.1) is 0 Å². The number of nitrogens with one attached hydrogen (secondary N) is 1. The van der Waals surface area contributed by atoms with Crippen LogP contribution < -0.4 is 10.1 Å². The predicted octanol–water partition coefficient (Wildman–Crippen LogP) is 2.66. The van der Waals surface area contributed by atoms with Crippen LogP contribution in [0.1, 0.15) is 5.56 Å². The van der Waals surface area contributed by atoms with Crippen molar-refractivity contribution in [3.63, 3.8) is 0 Å². The molecule has 0 aliphatic carbocycles. The third-order valence-electron chi connectivity index (χ3n) is 4.33. The normalized spacial score (nSPS) is 15.2. The summed E-state index contributed by atoms with van der Waals surface area (Å²) in [6, 6.07) is 12.1. The largest absolute Gasteiger partial charge is 0.495 e. The zero-order valence-corrected chi connectivity index (χ0v) is 17.8. The number of ether oxygens (including phenoxy) is 2. The maximum absolute atomic E-state index is 13.0. The molecule has 0 bridgehead atoms. The van der Waals surface area contributed by atoms with Gasteiger partial charge < -0.3 is 14.8 Å². The van der Waals surface area contributed by atoms with E-state index >= 15 is 0 Å². The van der Waals surface area contributed by atoms with Gasteiger partial charge in [-0.05, 0) is 45.8 Å². The van der Waals surface area contributed by atoms with Crippen LogP contribution in [0.25, 0.3) is 0 Å². The van der Waals surface area contributed by atoms with Crippen molar-refractivity contribution in [3.8, 4) is 5.75 Å². The van der Waals surface area contributed by atoms with E-state index in [2.05, 4.69) is 21.2 Å². The van der Waals surface area contributed by atoms with Gasteiger partial charge in [-0.25, -0.2) is 8.42 Å². The Hall–Kier alpha value is -1.94. The van der Waals surface area contributed by atoms with Gasteiger partial charge in [-0.15, -0.1) is 0 Å². The molecule has 0 aromatic heterocycles. The van der Waals surface area contributed by atoms with Crippen molar-refractivity contribution >= 4 is 37.5 Å². The molecule has 2 aromatic rings. The molecule has 2 aromatic carbocycles. The van der Waals surface area contributed by atoms with Crippen LogP contribution in [0.4, 0.5) is 5.69 Å². The standard InChI is InChI=1S/C19H21BrN2O5S/c1-26-17-7-6-14(13-19(23)21-16-5-3-2-4-15(16)20)12-18(17)28(24,25)22-8-10-27-11-9-22/h2-7,12H,8-11,13H2,1H3,(H,21,23). The van der Waals surface area contributed by atoms with Gasteiger partial charge in [-0.3, -0.25) is 4.79 Å². The van der Waals surface area contributed by atoms with Gasteiger partial charge in [0.15, 0.2) is 0 Å². The first kappa shape index (κ1) is 20.8. The quantitative estimate of drug-likeness (QED) is 0.704. The smallest absolute Gasteiger partial charge is 0.246 e. The number of rotatable bonds is 6. The first-order chi connectivity index (χ1) is 13.4. The molecule has 7 nitrogen and oxygen atoms in total. The van der Waals surface area contributed by atoms with E-state index in [1.165, 1.54) is 17.5 Å². The lowest BCUT2D eigenvalue weighted by Crippen LogP contribution is -2.40. The fourth-order valence-corrected chi connectivity index (χ4v) is 4.90. The van der Waals surface area contributed by atoms with Gasteiger partial charge in [0.25, 0.3) is 0 Å². The summed E-state index contributed by atoms with van der Waals surface area (Å²) in [5.74, 6) is 0.00763. The number of nitrogens with zero attached hydrogens (tertiary/aromatic N) is 1. The Morgan fingerprint density at radius 3 is 2.61 bits per heavy atom. The minimum Gasteiger partial charge on any atom is -0.495 e. The average molecular weight is 469 g/mol. The maximum Gasteiger partial charge on any atom is 0.246 e. The number of para-hydroxylation sites is 1. The number of carbonyl (C=O) groups is 1. The van der Waals surface area contributed by atoms with Crippen LogP contribution >= 0.6 is 15.9 Å². The van der Waals surface area contributed by atoms with E-state index in [1.807, 2.05) is 18.2 Å². The van der Waals surface area contributed by atoms with Crippen LogP contribution in [0.15, 0.2) is 51.8 Å². The number of hydrogen-bond donors (Lipinski definition) is 1. The summed E-state index contributed by atoms with van der Waals surface area (Å²) in [6.07, 6.45) is 0.0387. The lowest BCUT2D eigenvalue weighted by molar-refractivity contribution is -0.115. The molecule has 0 atom stereocenters. The van der Waals surface area contributed by atoms with Gasteiger partial charge in [0.1, 0.15) is 10.6 Å². The first-order valence-electron chi connectivity index (χ1n) is 8.71. The number of morpholine rings is 1. The van der Waals surface area contributed by atoms with Crippen molar-refractivity contribution in [3.05, 3.63) is 52.5 Å². The lowest BCUT2D eigenvalue weighted by Gasteiger charge is -2.26. The van der Waals surface area contributed by atoms with Crippen molar-refractivity contribution in [2.75, 3.05) is 38.7 Å². The second-order valence-corrected chi connectivity index (χ2v) is 8.97. The summed E-state index contributed by atoms with van der Waals surface area (Å²) in [5.41, 5.74) is 1.24. The van der Waals surface area contributed by atoms with Crippen molar-refractivity contribution in [2.24, 2.45) is 0 Å². The number of amides is 1. The van der Waals surface area contributed by atoms with Gasteiger partial charge >= 0.3 is 0 Å². The number of sulfonamides is 1. The molecule has 3 rings (SSSR count). The zero-order chi connectivity index (χ0) is 20.1. The lowest BCUT2D eigenvalue weighted by atomic mass is 10.1. The van der Waals surface area contributed by atoms with E-state index in [9.17, 15) is 13.2 Å². The molecular weight excluding hydrogens is 448 g/mol. The fourth-order valence-electron chi connectivity index (χ4n) is 2.90. The Bertz CT molecular complexity index is 959. The van der Waals surface area contributed by atoms with Crippen LogP contribution in [0.2, 0.25) is 0 Å². The predicted molar refractivity (Wildman–Crippen MR) is 109 cm³/mol. The summed E-state index contributed by atoms with van der Waals surface area (Å²) >= 11 is 3.38. The fraction of sp³-hybridized carbons (Fsp3) is 0.316. The van der Waals surface area contributed by atoms with Crippen molar-refractivity contribution in [1.82, 2.24) is 4.31 Å². The summed E-state index contributed by atoms with van der Waals surface area (Å²) in [5, 5.41) is 2.82. The topological polar surface area (TPSA) is 84.9 Å². The average Bonchev–Trinajstić information content (AvgIpc) is 2.70. The van der Waals surface area contributed by atoms with Crippen molar-refractivity contribution in [1.29, 1.82) is 0 Å². The SMILES string of the molecule is COc1ccc(CC(=O)Nc2ccccc2Br)cc1S(=O)(=O)N1CCOCC1. The molecule has 1 heterocycles. The molecule has 9 heteroatoms. The van der Waals surface area contributed by atoms with Crippen LogP contribution in [-0.4, -0.2) is 52.0 Å². The van der Waals surface area contributed by atoms with Gasteiger partial charge in [-0.2, -0.15) is 4.31 Å². The molecule has 0 radical (unpaired) electrons. The molecule has 28 heavy (non-hydrogen) atoms. The zero-order valence-electron chi connectivity index (χ0n) is 15.4. The highest BCUT2D eigenvalue weighted by Crippen LogP contribution is 2.29. The van der Waals surface area contributed by atoms with Crippen molar-refractivity contribution < 1.29 is 22.7 Å². The second kappa shape index (κ2) is 9.04. The van der Waals surface area contributed by atoms with E-state index in [0.29, 0.717) is 24.5 Å². The minimum absolute atomic E-state index is 0.0387. The minimum atomic E-state index is -3.74. The summed E-state index contributed by atoms with van der Waals surface area (Å²) < 4.78 is 38.7. The van der Waals surface area contributed by atoms with Crippen LogP contribution in [0.3, 0.4) is 0 Å². The van der Waals surface area contributed by atoms with E-state index in [4.69, 9.17) is 9.47 Å². The Labute approximate surface area is 172 Å². The number of halogens is 1. The van der Waals surface area contributed by atoms with Crippen LogP contribution in [-0.2, 0) is 26.0 Å². The van der Waals surface area contributed by atoms with Crippen LogP contribution in [0.5, 0.6) is 5.75 Å². The summed E-state index contributed by atoms with van der Waals surface area (Å²) in [6.45, 7) is 1.29. The molecule has 1 aliphatic heterocycles. The number of hydrogen-bond acceptors (Lipinski definition) is 5. The Morgan fingerprint density at radius 1 is 1.21 bits per heavy atom. The molecule has 1 amide bonds. The molecule has 1 N–H and O–H groups in total. The van der Waals surface area contributed by atoms with E-state index < -0.39 is 10.0 Å². The maximum atomic E-state index is 13.0. The molecule has 150 valence electrons. The molecular formula is C19H21BrN2O5S. The number of anilines is 1. The van der Waals surface area contributed by atoms with Gasteiger partial charge in [-0.1, -0.05) is 18.2 Å². The highest BCUT2D eigenvalue weighted by molar-refractivity contribution is 9.10. The van der Waals surface area contributed by atoms with E-state index in [1.54, 1.807) is 18.2 Å². The molecule has 0 unspecified atom stereocenters. The first-order valence-corrected chi connectivity index (χ1v) is 10.9. The number of carbonyl (C=O) groups excluding carboxylic acids is 1. The van der Waals surface area contributed by atoms with E-state index in [0.717, 1.165) is 4.47 Å². The number of benzene rings is 2. The van der Waals surface area contributed by atoms with Gasteiger partial charge in [0.2, 0.25) is 15.9 Å². The Balaban J connectivity index is 1.82. The molecule has 1 aliphatic rings. The second-order valence-electron chi connectivity index (χ2n) is 6.21.